The maximum Gasteiger partial charge on any atom is 0.410 e. The van der Waals surface area contributed by atoms with Gasteiger partial charge in [-0.05, 0) is 64.8 Å². The lowest BCUT2D eigenvalue weighted by atomic mass is 9.96. The van der Waals surface area contributed by atoms with Crippen LogP contribution in [0.25, 0.3) is 0 Å². The van der Waals surface area contributed by atoms with Crippen LogP contribution in [0.3, 0.4) is 0 Å². The summed E-state index contributed by atoms with van der Waals surface area (Å²) < 4.78 is 5.49. The molecule has 1 aromatic rings. The number of aromatic nitrogens is 1. The number of pyridine rings is 1. The van der Waals surface area contributed by atoms with E-state index in [1.54, 1.807) is 4.90 Å². The van der Waals surface area contributed by atoms with E-state index < -0.39 is 5.60 Å². The summed E-state index contributed by atoms with van der Waals surface area (Å²) >= 11 is 0. The monoisotopic (exact) mass is 402 g/mol. The number of anilines is 1. The van der Waals surface area contributed by atoms with Crippen LogP contribution in [0.2, 0.25) is 0 Å². The molecule has 0 bridgehead atoms. The van der Waals surface area contributed by atoms with E-state index in [1.165, 1.54) is 50.8 Å². The Hall–Kier alpha value is -1.82. The van der Waals surface area contributed by atoms with Crippen molar-refractivity contribution in [2.24, 2.45) is 0 Å². The zero-order valence-corrected chi connectivity index (χ0v) is 18.7. The summed E-state index contributed by atoms with van der Waals surface area (Å²) in [7, 11) is 0. The summed E-state index contributed by atoms with van der Waals surface area (Å²) in [5.74, 6) is 1.01. The highest BCUT2D eigenvalue weighted by molar-refractivity contribution is 5.68. The minimum Gasteiger partial charge on any atom is -0.444 e. The van der Waals surface area contributed by atoms with Gasteiger partial charge in [0, 0.05) is 38.4 Å². The van der Waals surface area contributed by atoms with Crippen LogP contribution in [0.15, 0.2) is 18.3 Å². The maximum atomic E-state index is 12.2. The number of carbonyl (C=O) groups is 1. The lowest BCUT2D eigenvalue weighted by molar-refractivity contribution is 0.0240. The first-order valence-electron chi connectivity index (χ1n) is 11.3. The van der Waals surface area contributed by atoms with Crippen LogP contribution in [0.4, 0.5) is 10.6 Å². The average molecular weight is 403 g/mol. The van der Waals surface area contributed by atoms with Crippen molar-refractivity contribution in [3.8, 4) is 0 Å². The van der Waals surface area contributed by atoms with Gasteiger partial charge in [-0.2, -0.15) is 0 Å². The number of rotatable bonds is 5. The van der Waals surface area contributed by atoms with Crippen molar-refractivity contribution in [3.63, 3.8) is 0 Å². The average Bonchev–Trinajstić information content (AvgIpc) is 2.71. The lowest BCUT2D eigenvalue weighted by Gasteiger charge is -2.37. The summed E-state index contributed by atoms with van der Waals surface area (Å²) in [4.78, 5) is 23.7. The Kier molecular flexibility index (Phi) is 7.38. The fraction of sp³-hybridized carbons (Fsp3) is 0.739. The Labute approximate surface area is 176 Å². The van der Waals surface area contributed by atoms with Gasteiger partial charge in [0.1, 0.15) is 11.4 Å². The van der Waals surface area contributed by atoms with Crippen LogP contribution < -0.4 is 4.90 Å². The van der Waals surface area contributed by atoms with Gasteiger partial charge >= 0.3 is 6.09 Å². The molecule has 1 atom stereocenters. The molecule has 2 aliphatic rings. The molecule has 3 heterocycles. The fourth-order valence-electron chi connectivity index (χ4n) is 4.22. The van der Waals surface area contributed by atoms with Crippen molar-refractivity contribution in [1.82, 2.24) is 14.8 Å². The molecule has 0 aliphatic carbocycles. The van der Waals surface area contributed by atoms with Gasteiger partial charge in [0.2, 0.25) is 0 Å². The highest BCUT2D eigenvalue weighted by Crippen LogP contribution is 2.31. The Bertz CT molecular complexity index is 648. The molecule has 0 aromatic carbocycles. The molecule has 3 rings (SSSR count). The Balaban J connectivity index is 1.56. The molecular weight excluding hydrogens is 364 g/mol. The predicted octanol–water partition coefficient (Wildman–Crippen LogP) is 4.47. The molecule has 2 aliphatic heterocycles. The second kappa shape index (κ2) is 9.79. The molecule has 6 heteroatoms. The van der Waals surface area contributed by atoms with E-state index in [4.69, 9.17) is 9.72 Å². The van der Waals surface area contributed by atoms with Crippen LogP contribution >= 0.6 is 0 Å². The fourth-order valence-corrected chi connectivity index (χ4v) is 4.22. The van der Waals surface area contributed by atoms with E-state index in [9.17, 15) is 4.79 Å². The van der Waals surface area contributed by atoms with Gasteiger partial charge in [-0.15, -0.1) is 0 Å². The summed E-state index contributed by atoms with van der Waals surface area (Å²) in [6.45, 7) is 13.3. The smallest absolute Gasteiger partial charge is 0.410 e. The number of hydrogen-bond acceptors (Lipinski definition) is 5. The topological polar surface area (TPSA) is 48.9 Å². The quantitative estimate of drug-likeness (QED) is 0.727. The van der Waals surface area contributed by atoms with E-state index in [-0.39, 0.29) is 6.09 Å². The normalized spacial score (nSPS) is 21.3. The number of carbonyl (C=O) groups excluding carboxylic acids is 1. The number of ether oxygens (including phenoxy) is 1. The zero-order chi connectivity index (χ0) is 20.9. The van der Waals surface area contributed by atoms with Gasteiger partial charge in [0.15, 0.2) is 0 Å². The largest absolute Gasteiger partial charge is 0.444 e. The molecule has 1 aromatic heterocycles. The van der Waals surface area contributed by atoms with Gasteiger partial charge in [0.05, 0.1) is 0 Å². The minimum absolute atomic E-state index is 0.218. The molecule has 0 N–H and O–H groups in total. The van der Waals surface area contributed by atoms with Crippen molar-refractivity contribution in [1.29, 1.82) is 0 Å². The molecule has 2 saturated heterocycles. The molecule has 162 valence electrons. The summed E-state index contributed by atoms with van der Waals surface area (Å²) in [5, 5.41) is 0. The molecule has 0 radical (unpaired) electrons. The molecule has 0 spiro atoms. The van der Waals surface area contributed by atoms with Gasteiger partial charge in [-0.3, -0.25) is 4.90 Å². The van der Waals surface area contributed by atoms with Gasteiger partial charge in [-0.25, -0.2) is 9.78 Å². The van der Waals surface area contributed by atoms with Crippen LogP contribution in [0.1, 0.15) is 71.4 Å². The summed E-state index contributed by atoms with van der Waals surface area (Å²) in [6, 6.07) is 4.93. The molecule has 1 amide bonds. The first-order valence-corrected chi connectivity index (χ1v) is 11.3. The third-order valence-electron chi connectivity index (χ3n) is 5.82. The Morgan fingerprint density at radius 1 is 1.14 bits per heavy atom. The molecule has 0 saturated carbocycles. The van der Waals surface area contributed by atoms with E-state index in [2.05, 4.69) is 35.1 Å². The number of piperazine rings is 1. The SMILES string of the molecule is CCCCN1CCCCC1c1ccc(N2CCN(C(=O)OC(C)(C)C)CC2)nc1. The number of piperidine rings is 1. The second-order valence-corrected chi connectivity index (χ2v) is 9.31. The van der Waals surface area contributed by atoms with Gasteiger partial charge < -0.3 is 14.5 Å². The zero-order valence-electron chi connectivity index (χ0n) is 18.7. The number of hydrogen-bond donors (Lipinski definition) is 0. The minimum atomic E-state index is -0.449. The molecule has 1 unspecified atom stereocenters. The highest BCUT2D eigenvalue weighted by Gasteiger charge is 2.27. The molecular formula is C23H38N4O2. The van der Waals surface area contributed by atoms with E-state index in [0.717, 1.165) is 18.9 Å². The van der Waals surface area contributed by atoms with Crippen molar-refractivity contribution in [3.05, 3.63) is 23.9 Å². The van der Waals surface area contributed by atoms with Crippen molar-refractivity contribution >= 4 is 11.9 Å². The van der Waals surface area contributed by atoms with E-state index in [1.807, 2.05) is 20.8 Å². The number of nitrogens with zero attached hydrogens (tertiary/aromatic N) is 4. The third kappa shape index (κ3) is 6.08. The molecule has 29 heavy (non-hydrogen) atoms. The van der Waals surface area contributed by atoms with Crippen LogP contribution in [0, 0.1) is 0 Å². The molecule has 2 fully saturated rings. The number of likely N-dealkylation sites (tertiary alicyclic amines) is 1. The second-order valence-electron chi connectivity index (χ2n) is 9.31. The lowest BCUT2D eigenvalue weighted by Crippen LogP contribution is -2.50. The maximum absolute atomic E-state index is 12.2. The third-order valence-corrected chi connectivity index (χ3v) is 5.82. The predicted molar refractivity (Wildman–Crippen MR) is 117 cm³/mol. The summed E-state index contributed by atoms with van der Waals surface area (Å²) in [5.41, 5.74) is 0.896. The van der Waals surface area contributed by atoms with E-state index in [0.29, 0.717) is 19.1 Å². The molecule has 6 nitrogen and oxygen atoms in total. The van der Waals surface area contributed by atoms with Crippen LogP contribution in [-0.4, -0.2) is 65.7 Å². The highest BCUT2D eigenvalue weighted by atomic mass is 16.6. The standard InChI is InChI=1S/C23H38N4O2/c1-5-6-12-25-13-8-7-9-20(25)19-10-11-21(24-18-19)26-14-16-27(17-15-26)22(28)29-23(2,3)4/h10-11,18,20H,5-9,12-17H2,1-4H3. The van der Waals surface area contributed by atoms with E-state index >= 15 is 0 Å². The van der Waals surface area contributed by atoms with Crippen molar-refractivity contribution in [2.45, 2.75) is 71.4 Å². The van der Waals surface area contributed by atoms with Crippen LogP contribution in [0.5, 0.6) is 0 Å². The number of unbranched alkanes of at least 4 members (excludes halogenated alkanes) is 1. The van der Waals surface area contributed by atoms with Gasteiger partial charge in [0.25, 0.3) is 0 Å². The van der Waals surface area contributed by atoms with Crippen LogP contribution in [-0.2, 0) is 4.74 Å². The van der Waals surface area contributed by atoms with Gasteiger partial charge in [-0.1, -0.05) is 25.8 Å². The summed E-state index contributed by atoms with van der Waals surface area (Å²) in [6.07, 6.45) is 8.23. The first-order chi connectivity index (χ1) is 13.9. The van der Waals surface area contributed by atoms with Crippen molar-refractivity contribution < 1.29 is 9.53 Å². The Morgan fingerprint density at radius 3 is 2.52 bits per heavy atom. The first kappa shape index (κ1) is 21.9. The number of amides is 1. The Morgan fingerprint density at radius 2 is 1.90 bits per heavy atom. The van der Waals surface area contributed by atoms with Crippen molar-refractivity contribution in [2.75, 3.05) is 44.2 Å².